The second-order valence-corrected chi connectivity index (χ2v) is 8.08. The third kappa shape index (κ3) is 3.77. The van der Waals surface area contributed by atoms with Gasteiger partial charge in [-0.05, 0) is 57.9 Å². The lowest BCUT2D eigenvalue weighted by molar-refractivity contribution is -0.141. The van der Waals surface area contributed by atoms with Gasteiger partial charge in [-0.25, -0.2) is 0 Å². The van der Waals surface area contributed by atoms with Crippen LogP contribution in [-0.2, 0) is 16.1 Å². The molecule has 0 unspecified atom stereocenters. The molecule has 2 heterocycles. The summed E-state index contributed by atoms with van der Waals surface area (Å²) in [4.78, 5) is 29.7. The summed E-state index contributed by atoms with van der Waals surface area (Å²) in [5, 5.41) is 4.38. The highest BCUT2D eigenvalue weighted by Crippen LogP contribution is 2.23. The monoisotopic (exact) mass is 400 g/mol. The first-order valence-electron chi connectivity index (χ1n) is 9.04. The van der Waals surface area contributed by atoms with Gasteiger partial charge in [-0.1, -0.05) is 17.4 Å². The number of fused-ring (bicyclic) bond motifs is 1. The fourth-order valence-corrected chi connectivity index (χ4v) is 4.24. The van der Waals surface area contributed by atoms with Crippen LogP contribution in [0.5, 0.6) is 0 Å². The number of carbonyl (C=O) groups is 2. The molecule has 0 N–H and O–H groups in total. The number of esters is 1. The minimum absolute atomic E-state index is 0.00598. The summed E-state index contributed by atoms with van der Waals surface area (Å²) in [6.45, 7) is 9.78. The average molecular weight is 401 g/mol. The molecule has 148 valence electrons. The largest absolute Gasteiger partial charge is 0.468 e. The molecule has 0 bridgehead atoms. The zero-order valence-corrected chi connectivity index (χ0v) is 17.8. The van der Waals surface area contributed by atoms with Gasteiger partial charge in [0.2, 0.25) is 0 Å². The van der Waals surface area contributed by atoms with Crippen LogP contribution in [0.15, 0.2) is 23.2 Å². The summed E-state index contributed by atoms with van der Waals surface area (Å²) in [7, 11) is 1.35. The van der Waals surface area contributed by atoms with Crippen molar-refractivity contribution in [3.05, 3.63) is 45.5 Å². The number of hydrogen-bond donors (Lipinski definition) is 0. The lowest BCUT2D eigenvalue weighted by Gasteiger charge is -2.08. The smallest absolute Gasteiger partial charge is 0.325 e. The number of hydrogen-bond acceptors (Lipinski definition) is 5. The van der Waals surface area contributed by atoms with Crippen LogP contribution in [0.4, 0.5) is 0 Å². The lowest BCUT2D eigenvalue weighted by Crippen LogP contribution is -2.23. The fraction of sp³-hybridized carbons (Fsp3) is 0.400. The predicted octanol–water partition coefficient (Wildman–Crippen LogP) is 3.32. The van der Waals surface area contributed by atoms with E-state index in [1.165, 1.54) is 18.4 Å². The maximum atomic E-state index is 12.9. The van der Waals surface area contributed by atoms with Gasteiger partial charge in [-0.3, -0.25) is 14.3 Å². The molecule has 3 rings (SSSR count). The standard InChI is InChI=1S/C20H24N4O3S/c1-11(2)24-16(9-14(5)22-24)19(26)21-20-23(10-17(25)27-6)15-8-12(3)7-13(4)18(15)28-20/h7-9,11H,10H2,1-6H3. The molecule has 28 heavy (non-hydrogen) atoms. The zero-order chi connectivity index (χ0) is 20.6. The van der Waals surface area contributed by atoms with Crippen LogP contribution < -0.4 is 4.80 Å². The molecule has 3 aromatic rings. The summed E-state index contributed by atoms with van der Waals surface area (Å²) >= 11 is 1.39. The molecule has 0 aliphatic rings. The van der Waals surface area contributed by atoms with E-state index in [2.05, 4.69) is 16.2 Å². The topological polar surface area (TPSA) is 78.5 Å². The maximum absolute atomic E-state index is 12.9. The van der Waals surface area contributed by atoms with Gasteiger partial charge in [-0.15, -0.1) is 0 Å². The SMILES string of the molecule is COC(=O)Cn1c(=NC(=O)c2cc(C)nn2C(C)C)sc2c(C)cc(C)cc21. The Bertz CT molecular complexity index is 1130. The van der Waals surface area contributed by atoms with Gasteiger partial charge in [-0.2, -0.15) is 10.1 Å². The van der Waals surface area contributed by atoms with Crippen LogP contribution in [0, 0.1) is 20.8 Å². The third-order valence-electron chi connectivity index (χ3n) is 4.39. The number of thiazole rings is 1. The van der Waals surface area contributed by atoms with E-state index in [4.69, 9.17) is 4.74 Å². The van der Waals surface area contributed by atoms with Gasteiger partial charge in [0.05, 0.1) is 23.0 Å². The van der Waals surface area contributed by atoms with Crippen LogP contribution in [0.25, 0.3) is 10.2 Å². The van der Waals surface area contributed by atoms with Crippen LogP contribution in [0.1, 0.15) is 47.2 Å². The van der Waals surface area contributed by atoms with Crippen LogP contribution in [0.2, 0.25) is 0 Å². The minimum Gasteiger partial charge on any atom is -0.468 e. The van der Waals surface area contributed by atoms with E-state index < -0.39 is 5.97 Å². The summed E-state index contributed by atoms with van der Waals surface area (Å²) < 4.78 is 9.25. The van der Waals surface area contributed by atoms with Crippen LogP contribution in [-0.4, -0.2) is 33.3 Å². The molecule has 0 aliphatic heterocycles. The molecule has 1 aromatic carbocycles. The van der Waals surface area contributed by atoms with E-state index in [-0.39, 0.29) is 18.5 Å². The molecule has 8 heteroatoms. The van der Waals surface area contributed by atoms with Gasteiger partial charge in [0.1, 0.15) is 12.2 Å². The summed E-state index contributed by atoms with van der Waals surface area (Å²) in [6, 6.07) is 5.84. The number of benzene rings is 1. The van der Waals surface area contributed by atoms with Gasteiger partial charge < -0.3 is 9.30 Å². The first-order chi connectivity index (χ1) is 13.2. The second-order valence-electron chi connectivity index (χ2n) is 7.10. The van der Waals surface area contributed by atoms with Crippen molar-refractivity contribution < 1.29 is 14.3 Å². The van der Waals surface area contributed by atoms with Crippen molar-refractivity contribution in [2.24, 2.45) is 4.99 Å². The molecule has 0 aliphatic carbocycles. The Balaban J connectivity index is 2.21. The number of rotatable bonds is 4. The first kappa shape index (κ1) is 20.0. The molecular weight excluding hydrogens is 376 g/mol. The Morgan fingerprint density at radius 2 is 1.93 bits per heavy atom. The van der Waals surface area contributed by atoms with Crippen molar-refractivity contribution in [3.63, 3.8) is 0 Å². The second kappa shape index (κ2) is 7.71. The van der Waals surface area contributed by atoms with Crippen molar-refractivity contribution in [3.8, 4) is 0 Å². The van der Waals surface area contributed by atoms with Gasteiger partial charge in [0.25, 0.3) is 5.91 Å². The van der Waals surface area contributed by atoms with E-state index in [1.54, 1.807) is 15.3 Å². The Kier molecular flexibility index (Phi) is 5.51. The molecular formula is C20H24N4O3S. The van der Waals surface area contributed by atoms with Crippen molar-refractivity contribution in [1.29, 1.82) is 0 Å². The number of aryl methyl sites for hydroxylation is 3. The highest BCUT2D eigenvalue weighted by atomic mass is 32.1. The molecule has 2 aromatic heterocycles. The number of methoxy groups -OCH3 is 1. The van der Waals surface area contributed by atoms with E-state index in [0.717, 1.165) is 27.0 Å². The van der Waals surface area contributed by atoms with E-state index in [1.807, 2.05) is 40.7 Å². The van der Waals surface area contributed by atoms with Crippen LogP contribution >= 0.6 is 11.3 Å². The predicted molar refractivity (Wildman–Crippen MR) is 109 cm³/mol. The van der Waals surface area contributed by atoms with E-state index in [0.29, 0.717) is 10.5 Å². The molecule has 0 saturated heterocycles. The normalized spacial score (nSPS) is 12.2. The van der Waals surface area contributed by atoms with Crippen molar-refractivity contribution >= 4 is 33.4 Å². The van der Waals surface area contributed by atoms with Crippen molar-refractivity contribution in [2.45, 2.75) is 47.2 Å². The van der Waals surface area contributed by atoms with Crippen LogP contribution in [0.3, 0.4) is 0 Å². The Morgan fingerprint density at radius 3 is 2.57 bits per heavy atom. The number of nitrogens with zero attached hydrogens (tertiary/aromatic N) is 4. The highest BCUT2D eigenvalue weighted by molar-refractivity contribution is 7.16. The average Bonchev–Trinajstić information content (AvgIpc) is 3.17. The Labute approximate surface area is 167 Å². The molecule has 0 radical (unpaired) electrons. The molecule has 0 saturated carbocycles. The van der Waals surface area contributed by atoms with E-state index >= 15 is 0 Å². The summed E-state index contributed by atoms with van der Waals surface area (Å²) in [6.07, 6.45) is 0. The number of ether oxygens (including phenoxy) is 1. The molecule has 0 atom stereocenters. The quantitative estimate of drug-likeness (QED) is 0.630. The highest BCUT2D eigenvalue weighted by Gasteiger charge is 2.18. The number of amides is 1. The molecule has 7 nitrogen and oxygen atoms in total. The Morgan fingerprint density at radius 1 is 1.21 bits per heavy atom. The third-order valence-corrected chi connectivity index (χ3v) is 5.62. The van der Waals surface area contributed by atoms with Crippen molar-refractivity contribution in [2.75, 3.05) is 7.11 Å². The number of aromatic nitrogens is 3. The van der Waals surface area contributed by atoms with Crippen molar-refractivity contribution in [1.82, 2.24) is 14.3 Å². The minimum atomic E-state index is -0.393. The first-order valence-corrected chi connectivity index (χ1v) is 9.85. The molecule has 1 amide bonds. The number of carbonyl (C=O) groups excluding carboxylic acids is 2. The fourth-order valence-electron chi connectivity index (χ4n) is 3.16. The molecule has 0 fully saturated rings. The zero-order valence-electron chi connectivity index (χ0n) is 16.9. The van der Waals surface area contributed by atoms with Gasteiger partial charge in [0.15, 0.2) is 4.80 Å². The maximum Gasteiger partial charge on any atom is 0.325 e. The molecule has 0 spiro atoms. The van der Waals surface area contributed by atoms with Gasteiger partial charge in [0, 0.05) is 6.04 Å². The summed E-state index contributed by atoms with van der Waals surface area (Å²) in [5.74, 6) is -0.773. The van der Waals surface area contributed by atoms with Gasteiger partial charge >= 0.3 is 5.97 Å². The Hall–Kier alpha value is -2.74. The lowest BCUT2D eigenvalue weighted by atomic mass is 10.1. The van der Waals surface area contributed by atoms with E-state index in [9.17, 15) is 9.59 Å². The summed E-state index contributed by atoms with van der Waals surface area (Å²) in [5.41, 5.74) is 4.22.